The summed E-state index contributed by atoms with van der Waals surface area (Å²) in [4.78, 5) is 7.85. The van der Waals surface area contributed by atoms with Crippen LogP contribution in [-0.4, -0.2) is 39.0 Å². The van der Waals surface area contributed by atoms with Crippen molar-refractivity contribution in [2.45, 2.75) is 25.3 Å². The van der Waals surface area contributed by atoms with Crippen molar-refractivity contribution >= 4 is 73.1 Å². The van der Waals surface area contributed by atoms with Crippen LogP contribution in [0.15, 0.2) is 123 Å². The summed E-state index contributed by atoms with van der Waals surface area (Å²) in [6, 6.07) is 36.6. The van der Waals surface area contributed by atoms with Crippen LogP contribution in [0.2, 0.25) is 0 Å². The Labute approximate surface area is 272 Å². The molecule has 1 heterocycles. The van der Waals surface area contributed by atoms with Gasteiger partial charge < -0.3 is 4.90 Å². The molecule has 0 spiro atoms. The molecule has 1 atom stereocenters. The molecule has 4 aromatic carbocycles. The van der Waals surface area contributed by atoms with Crippen molar-refractivity contribution in [2.75, 3.05) is 24.5 Å². The van der Waals surface area contributed by atoms with Gasteiger partial charge in [-0.25, -0.2) is 0 Å². The summed E-state index contributed by atoms with van der Waals surface area (Å²) in [7, 11) is -8.18. The van der Waals surface area contributed by atoms with Gasteiger partial charge in [-0.2, -0.15) is 0 Å². The van der Waals surface area contributed by atoms with Gasteiger partial charge in [-0.15, -0.1) is 0 Å². The number of nitrogens with zero attached hydrogens (tertiary/aromatic N) is 1. The molecule has 0 saturated heterocycles. The van der Waals surface area contributed by atoms with Crippen LogP contribution in [0, 0.1) is 0 Å². The van der Waals surface area contributed by atoms with Gasteiger partial charge in [-0.3, -0.25) is 0 Å². The first-order valence-corrected chi connectivity index (χ1v) is 24.4. The standard InChI is InChI=1S/C14H13NS2.C14H15S.F6P.6FH.Sb/c1-15-10-6-3-4-7-11(10)17-13-9-5-8-12(16-2)14(13)15;1-15(14-10-6-3-7-11-14)12-13-8-4-2-5-9-13;1-7(2,3,4,5)6;;;;;;;/h3-9H,1-2H3;2-11H,12H2,1H3;;6*1H;/q;+1;-1;;;;;;;+5/p-5. The summed E-state index contributed by atoms with van der Waals surface area (Å²) in [6.07, 6.45) is 4.50. The van der Waals surface area contributed by atoms with E-state index in [1.54, 1.807) is 0 Å². The van der Waals surface area contributed by atoms with E-state index in [1.807, 2.05) is 11.8 Å². The Balaban J connectivity index is 0.000000232. The van der Waals surface area contributed by atoms with Crippen LogP contribution in [0.4, 0.5) is 53.4 Å². The van der Waals surface area contributed by atoms with Crippen molar-refractivity contribution in [3.8, 4) is 0 Å². The van der Waals surface area contributed by atoms with Gasteiger partial charge >= 0.3 is 69.3 Å². The van der Waals surface area contributed by atoms with E-state index in [9.17, 15) is 42.1 Å². The maximum atomic E-state index is 9.93. The van der Waals surface area contributed by atoms with E-state index in [0.717, 1.165) is 5.75 Å². The van der Waals surface area contributed by atoms with Crippen molar-refractivity contribution < 1.29 is 42.1 Å². The van der Waals surface area contributed by atoms with E-state index in [0.29, 0.717) is 10.9 Å². The molecule has 4 aromatic rings. The number of benzene rings is 4. The average molecular weight is 856 g/mol. The number of hydrogen-bond donors (Lipinski definition) is 0. The Hall–Kier alpha value is -1.86. The monoisotopic (exact) mass is 855 g/mol. The van der Waals surface area contributed by atoms with Crippen LogP contribution in [0.5, 0.6) is 0 Å². The molecular weight excluding hydrogens is 827 g/mol. The van der Waals surface area contributed by atoms with Gasteiger partial charge in [0.2, 0.25) is 0 Å². The Morgan fingerprint density at radius 1 is 0.674 bits per heavy atom. The topological polar surface area (TPSA) is 3.24 Å². The molecular formula is C28H29F12NPS3Sb. The fraction of sp³-hybridized carbons (Fsp3) is 0.143. The number of hydrogen-bond acceptors (Lipinski definition) is 2. The predicted molar refractivity (Wildman–Crippen MR) is 172 cm³/mol. The third-order valence-corrected chi connectivity index (χ3v) is 9.17. The number of para-hydroxylation sites is 2. The van der Waals surface area contributed by atoms with Gasteiger partial charge in [0.15, 0.2) is 9.79 Å². The number of rotatable bonds is 4. The molecule has 0 amide bonds. The van der Waals surface area contributed by atoms with Crippen molar-refractivity contribution in [1.82, 2.24) is 0 Å². The van der Waals surface area contributed by atoms with Crippen LogP contribution >= 0.6 is 19.6 Å². The first-order chi connectivity index (χ1) is 20.6. The first-order valence-electron chi connectivity index (χ1n) is 12.6. The fourth-order valence-electron chi connectivity index (χ4n) is 3.73. The maximum absolute atomic E-state index is 11.2. The third-order valence-electron chi connectivity index (χ3n) is 5.37. The summed E-state index contributed by atoms with van der Waals surface area (Å²) >= 11 is -8.06. The van der Waals surface area contributed by atoms with Gasteiger partial charge in [0, 0.05) is 45.1 Å². The molecule has 258 valence electrons. The fourth-order valence-corrected chi connectivity index (χ4v) is 7.19. The van der Waals surface area contributed by atoms with Crippen molar-refractivity contribution in [1.29, 1.82) is 0 Å². The van der Waals surface area contributed by atoms with Crippen molar-refractivity contribution in [3.05, 3.63) is 109 Å². The number of thiol groups is 1. The Morgan fingerprint density at radius 2 is 1.11 bits per heavy atom. The second-order valence-corrected chi connectivity index (χ2v) is 20.9. The molecule has 1 unspecified atom stereocenters. The zero-order valence-corrected chi connectivity index (χ0v) is 30.1. The summed E-state index contributed by atoms with van der Waals surface area (Å²) < 4.78 is 119. The molecule has 0 bridgehead atoms. The van der Waals surface area contributed by atoms with Gasteiger partial charge in [0.25, 0.3) is 0 Å². The van der Waals surface area contributed by atoms with Crippen LogP contribution in [-0.2, 0) is 28.4 Å². The second-order valence-electron chi connectivity index (χ2n) is 9.47. The summed E-state index contributed by atoms with van der Waals surface area (Å²) in [6.45, 7) is 0. The quantitative estimate of drug-likeness (QED) is 0.0661. The summed E-state index contributed by atoms with van der Waals surface area (Å²) in [5.74, 6) is 1.14. The molecule has 46 heavy (non-hydrogen) atoms. The minimum absolute atomic E-state index is 0.316. The summed E-state index contributed by atoms with van der Waals surface area (Å²) in [5, 5.41) is 0. The van der Waals surface area contributed by atoms with Gasteiger partial charge in [-0.1, -0.05) is 78.5 Å². The molecule has 1 aliphatic rings. The SMILES string of the molecule is C[S+](Cc1ccccc1)c1ccccc1.C[SH+]c1cccc2c1N(C)c1ccccc1S2.F[P-](F)(F)(F)(F)F.[F][Sb-]([F])([F])([F])([F])[F]. The molecule has 1 aliphatic heterocycles. The normalized spacial score (nSPS) is 15.9. The third kappa shape index (κ3) is 19.1. The molecule has 0 aromatic heterocycles. The number of anilines is 2. The van der Waals surface area contributed by atoms with E-state index in [2.05, 4.69) is 128 Å². The van der Waals surface area contributed by atoms with E-state index >= 15 is 0 Å². The molecule has 1 nitrogen and oxygen atoms in total. The van der Waals surface area contributed by atoms with E-state index in [-0.39, 0.29) is 0 Å². The van der Waals surface area contributed by atoms with Crippen molar-refractivity contribution in [2.24, 2.45) is 0 Å². The molecule has 0 fully saturated rings. The molecule has 0 saturated carbocycles. The Kier molecular flexibility index (Phi) is 11.9. The van der Waals surface area contributed by atoms with Crippen LogP contribution in [0.1, 0.15) is 5.56 Å². The van der Waals surface area contributed by atoms with E-state index in [1.165, 1.54) is 48.3 Å². The first kappa shape index (κ1) is 40.3. The zero-order valence-electron chi connectivity index (χ0n) is 24.2. The van der Waals surface area contributed by atoms with E-state index < -0.39 is 27.3 Å². The number of halogens is 12. The van der Waals surface area contributed by atoms with Crippen LogP contribution in [0.25, 0.3) is 0 Å². The van der Waals surface area contributed by atoms with E-state index in [4.69, 9.17) is 0 Å². The average Bonchev–Trinajstić information content (AvgIpc) is 2.91. The summed E-state index contributed by atoms with van der Waals surface area (Å²) in [5.41, 5.74) is 4.09. The van der Waals surface area contributed by atoms with Gasteiger partial charge in [0.05, 0.1) is 5.69 Å². The number of fused-ring (bicyclic) bond motifs is 2. The molecule has 18 heteroatoms. The van der Waals surface area contributed by atoms with Crippen molar-refractivity contribution in [3.63, 3.8) is 0 Å². The second kappa shape index (κ2) is 13.6. The molecule has 0 N–H and O–H groups in total. The molecule has 5 rings (SSSR count). The zero-order chi connectivity index (χ0) is 35.2. The van der Waals surface area contributed by atoms with Gasteiger partial charge in [-0.05, 0) is 36.4 Å². The molecule has 0 radical (unpaired) electrons. The Morgan fingerprint density at radius 3 is 1.61 bits per heavy atom. The predicted octanol–water partition coefficient (Wildman–Crippen LogP) is 12.7. The van der Waals surface area contributed by atoms with Crippen LogP contribution < -0.4 is 4.90 Å². The molecule has 0 aliphatic carbocycles. The minimum atomic E-state index is -11.2. The Bertz CT molecular complexity index is 1540. The van der Waals surface area contributed by atoms with Crippen LogP contribution in [0.3, 0.4) is 0 Å². The van der Waals surface area contributed by atoms with Gasteiger partial charge in [0.1, 0.15) is 24.0 Å².